The minimum atomic E-state index is -0.590. The van der Waals surface area contributed by atoms with Crippen molar-refractivity contribution in [1.82, 2.24) is 14.9 Å². The topological polar surface area (TPSA) is 106 Å². The Bertz CT molecular complexity index is 1640. The molecule has 0 bridgehead atoms. The molecule has 8 nitrogen and oxygen atoms in total. The molecule has 1 aromatic carbocycles. The number of pyridine rings is 2. The van der Waals surface area contributed by atoms with E-state index in [1.807, 2.05) is 51.7 Å². The van der Waals surface area contributed by atoms with Gasteiger partial charge in [-0.1, -0.05) is 44.5 Å². The number of nitrogens with two attached hydrogens (primary N) is 1. The summed E-state index contributed by atoms with van der Waals surface area (Å²) in [5.41, 5.74) is 7.72. The Hall–Kier alpha value is -3.98. The molecule has 5 rings (SSSR count). The second-order valence-corrected chi connectivity index (χ2v) is 12.1. The summed E-state index contributed by atoms with van der Waals surface area (Å²) in [5.74, 6) is -0.555. The van der Waals surface area contributed by atoms with Crippen LogP contribution in [0, 0.1) is 5.82 Å². The molecule has 2 amide bonds. The van der Waals surface area contributed by atoms with E-state index < -0.39 is 17.3 Å². The van der Waals surface area contributed by atoms with Crippen LogP contribution in [0.2, 0.25) is 5.02 Å². The molecule has 0 aliphatic carbocycles. The predicted molar refractivity (Wildman–Crippen MR) is 153 cm³/mol. The zero-order chi connectivity index (χ0) is 29.0. The summed E-state index contributed by atoms with van der Waals surface area (Å²) in [6.45, 7) is 11.5. The number of nitrogens with zero attached hydrogens (tertiary/aromatic N) is 4. The van der Waals surface area contributed by atoms with E-state index in [9.17, 15) is 14.0 Å². The van der Waals surface area contributed by atoms with Crippen molar-refractivity contribution in [1.29, 1.82) is 0 Å². The molecule has 3 aromatic heterocycles. The number of benzene rings is 1. The Morgan fingerprint density at radius 2 is 1.82 bits per heavy atom. The van der Waals surface area contributed by atoms with Gasteiger partial charge in [-0.05, 0) is 49.6 Å². The Balaban J connectivity index is 1.48. The molecule has 4 heterocycles. The van der Waals surface area contributed by atoms with Crippen LogP contribution in [0.15, 0.2) is 52.9 Å². The SMILES string of the molecule is CC(C)(C)c1cc(-c2ccc(Cl)c(F)c2)nc2cc(C(=O)N3CCN(c4cccc(C(N)=O)n4)CC3(C)C)oc12. The van der Waals surface area contributed by atoms with E-state index in [2.05, 4.69) is 4.98 Å². The summed E-state index contributed by atoms with van der Waals surface area (Å²) in [7, 11) is 0. The lowest BCUT2D eigenvalue weighted by Crippen LogP contribution is -2.61. The number of carbonyl (C=O) groups excluding carboxylic acids is 2. The molecular formula is C30H31ClFN5O3. The van der Waals surface area contributed by atoms with E-state index in [0.717, 1.165) is 5.56 Å². The van der Waals surface area contributed by atoms with E-state index in [-0.39, 0.29) is 27.8 Å². The lowest BCUT2D eigenvalue weighted by molar-refractivity contribution is 0.0483. The Labute approximate surface area is 236 Å². The highest BCUT2D eigenvalue weighted by atomic mass is 35.5. The molecule has 10 heteroatoms. The maximum Gasteiger partial charge on any atom is 0.290 e. The molecule has 0 saturated carbocycles. The van der Waals surface area contributed by atoms with Crippen molar-refractivity contribution in [2.75, 3.05) is 24.5 Å². The number of amides is 2. The minimum Gasteiger partial charge on any atom is -0.449 e. The van der Waals surface area contributed by atoms with Gasteiger partial charge in [0.15, 0.2) is 11.3 Å². The number of fused-ring (bicyclic) bond motifs is 1. The van der Waals surface area contributed by atoms with Crippen molar-refractivity contribution in [3.63, 3.8) is 0 Å². The van der Waals surface area contributed by atoms with Crippen molar-refractivity contribution in [3.05, 3.63) is 76.4 Å². The molecule has 1 fully saturated rings. The van der Waals surface area contributed by atoms with Crippen LogP contribution in [0.5, 0.6) is 0 Å². The fraction of sp³-hybridized carbons (Fsp3) is 0.333. The highest BCUT2D eigenvalue weighted by molar-refractivity contribution is 6.30. The zero-order valence-electron chi connectivity index (χ0n) is 23.1. The first kappa shape index (κ1) is 27.6. The van der Waals surface area contributed by atoms with Crippen LogP contribution in [-0.4, -0.2) is 51.9 Å². The predicted octanol–water partition coefficient (Wildman–Crippen LogP) is 5.82. The molecule has 1 saturated heterocycles. The summed E-state index contributed by atoms with van der Waals surface area (Å²) in [4.78, 5) is 38.3. The molecule has 4 aromatic rings. The summed E-state index contributed by atoms with van der Waals surface area (Å²) in [6.07, 6.45) is 0. The number of carbonyl (C=O) groups is 2. The van der Waals surface area contributed by atoms with Gasteiger partial charge in [0.1, 0.15) is 22.8 Å². The van der Waals surface area contributed by atoms with Crippen molar-refractivity contribution in [3.8, 4) is 11.3 Å². The van der Waals surface area contributed by atoms with Gasteiger partial charge in [-0.3, -0.25) is 9.59 Å². The fourth-order valence-corrected chi connectivity index (χ4v) is 5.20. The number of rotatable bonds is 4. The Kier molecular flexibility index (Phi) is 6.82. The molecule has 1 aliphatic heterocycles. The van der Waals surface area contributed by atoms with E-state index in [1.54, 1.807) is 29.2 Å². The third kappa shape index (κ3) is 5.13. The van der Waals surface area contributed by atoms with Crippen molar-refractivity contribution >= 4 is 40.3 Å². The number of piperazine rings is 1. The van der Waals surface area contributed by atoms with E-state index in [0.29, 0.717) is 47.8 Å². The molecule has 0 unspecified atom stereocenters. The second kappa shape index (κ2) is 9.89. The van der Waals surface area contributed by atoms with Gasteiger partial charge in [-0.2, -0.15) is 0 Å². The third-order valence-corrected chi connectivity index (χ3v) is 7.48. The highest BCUT2D eigenvalue weighted by Gasteiger charge is 2.39. The van der Waals surface area contributed by atoms with Crippen molar-refractivity contribution in [2.24, 2.45) is 5.73 Å². The van der Waals surface area contributed by atoms with E-state index in [4.69, 9.17) is 26.7 Å². The number of anilines is 1. The van der Waals surface area contributed by atoms with Crippen LogP contribution in [0.1, 0.15) is 61.2 Å². The maximum absolute atomic E-state index is 14.2. The number of halogens is 2. The van der Waals surface area contributed by atoms with Crippen LogP contribution in [0.3, 0.4) is 0 Å². The van der Waals surface area contributed by atoms with Gasteiger partial charge in [-0.15, -0.1) is 0 Å². The second-order valence-electron chi connectivity index (χ2n) is 11.7. The van der Waals surface area contributed by atoms with Crippen molar-refractivity contribution in [2.45, 2.75) is 45.6 Å². The Morgan fingerprint density at radius 1 is 1.07 bits per heavy atom. The normalized spacial score (nSPS) is 15.5. The number of hydrogen-bond donors (Lipinski definition) is 1. The molecule has 1 aliphatic rings. The first-order valence-electron chi connectivity index (χ1n) is 13.0. The number of hydrogen-bond acceptors (Lipinski definition) is 6. The summed E-state index contributed by atoms with van der Waals surface area (Å²) >= 11 is 5.89. The fourth-order valence-electron chi connectivity index (χ4n) is 5.08. The van der Waals surface area contributed by atoms with Gasteiger partial charge in [0.25, 0.3) is 11.8 Å². The first-order chi connectivity index (χ1) is 18.7. The zero-order valence-corrected chi connectivity index (χ0v) is 23.8. The van der Waals surface area contributed by atoms with Crippen molar-refractivity contribution < 1.29 is 18.4 Å². The summed E-state index contributed by atoms with van der Waals surface area (Å²) in [5, 5.41) is 0.0381. The summed E-state index contributed by atoms with van der Waals surface area (Å²) in [6, 6.07) is 13.2. The van der Waals surface area contributed by atoms with Gasteiger partial charge >= 0.3 is 0 Å². The molecule has 40 heavy (non-hydrogen) atoms. The van der Waals surface area contributed by atoms with Gasteiger partial charge in [-0.25, -0.2) is 14.4 Å². The lowest BCUT2D eigenvalue weighted by Gasteiger charge is -2.47. The molecule has 0 spiro atoms. The van der Waals surface area contributed by atoms with E-state index >= 15 is 0 Å². The molecule has 208 valence electrons. The average Bonchev–Trinajstić information content (AvgIpc) is 3.32. The molecular weight excluding hydrogens is 533 g/mol. The monoisotopic (exact) mass is 563 g/mol. The Morgan fingerprint density at radius 3 is 2.48 bits per heavy atom. The third-order valence-electron chi connectivity index (χ3n) is 7.17. The maximum atomic E-state index is 14.2. The number of aromatic nitrogens is 2. The standard InChI is InChI=1S/C30H31ClFN5O3/c1-29(2,3)18-14-22(17-9-10-19(31)20(32)13-17)34-23-15-24(40-26(18)23)28(39)37-12-11-36(16-30(37,4)5)25-8-6-7-21(35-25)27(33)38/h6-10,13-15H,11-12,16H2,1-5H3,(H2,33,38). The largest absolute Gasteiger partial charge is 0.449 e. The summed E-state index contributed by atoms with van der Waals surface area (Å²) < 4.78 is 20.4. The first-order valence-corrected chi connectivity index (χ1v) is 13.4. The van der Waals surface area contributed by atoms with Crippen LogP contribution < -0.4 is 10.6 Å². The molecule has 0 atom stereocenters. The number of primary amides is 1. The van der Waals surface area contributed by atoms with Gasteiger partial charge < -0.3 is 20.0 Å². The molecule has 0 radical (unpaired) electrons. The van der Waals surface area contributed by atoms with Crippen LogP contribution in [-0.2, 0) is 5.41 Å². The quantitative estimate of drug-likeness (QED) is 0.335. The van der Waals surface area contributed by atoms with Gasteiger partial charge in [0, 0.05) is 36.8 Å². The van der Waals surface area contributed by atoms with Crippen LogP contribution >= 0.6 is 11.6 Å². The average molecular weight is 564 g/mol. The lowest BCUT2D eigenvalue weighted by atomic mass is 9.86. The smallest absolute Gasteiger partial charge is 0.290 e. The van der Waals surface area contributed by atoms with Crippen LogP contribution in [0.4, 0.5) is 10.2 Å². The van der Waals surface area contributed by atoms with Gasteiger partial charge in [0.2, 0.25) is 0 Å². The highest BCUT2D eigenvalue weighted by Crippen LogP contribution is 2.36. The van der Waals surface area contributed by atoms with Crippen LogP contribution in [0.25, 0.3) is 22.4 Å². The van der Waals surface area contributed by atoms with Gasteiger partial charge in [0.05, 0.1) is 16.3 Å². The number of furan rings is 1. The van der Waals surface area contributed by atoms with E-state index in [1.165, 1.54) is 12.1 Å². The molecule has 2 N–H and O–H groups in total. The minimum absolute atomic E-state index is 0.0381.